The smallest absolute Gasteiger partial charge is 0.249 e. The summed E-state index contributed by atoms with van der Waals surface area (Å²) < 4.78 is 5.71. The molecule has 2 aromatic rings. The third-order valence-electron chi connectivity index (χ3n) is 3.24. The first-order valence-electron chi connectivity index (χ1n) is 6.60. The highest BCUT2D eigenvalue weighted by molar-refractivity contribution is 6.32. The van der Waals surface area contributed by atoms with Crippen LogP contribution in [-0.2, 0) is 6.61 Å². The average Bonchev–Trinajstić information content (AvgIpc) is 2.47. The zero-order valence-electron chi connectivity index (χ0n) is 12.2. The van der Waals surface area contributed by atoms with Crippen molar-refractivity contribution in [2.75, 3.05) is 0 Å². The van der Waals surface area contributed by atoms with E-state index in [1.165, 1.54) is 0 Å². The molecule has 0 spiro atoms. The van der Waals surface area contributed by atoms with E-state index in [0.717, 1.165) is 11.1 Å². The van der Waals surface area contributed by atoms with Gasteiger partial charge < -0.3 is 4.74 Å². The highest BCUT2D eigenvalue weighted by Gasteiger charge is 2.13. The average molecular weight is 316 g/mol. The molecule has 112 valence electrons. The number of hydrogen-bond acceptors (Lipinski definition) is 2. The molecular formula is C16H14ClN3O2. The maximum atomic E-state index is 11.8. The van der Waals surface area contributed by atoms with Gasteiger partial charge in [0.15, 0.2) is 0 Å². The first-order chi connectivity index (χ1) is 10.5. The Kier molecular flexibility index (Phi) is 5.04. The van der Waals surface area contributed by atoms with Crippen LogP contribution in [0.3, 0.4) is 0 Å². The van der Waals surface area contributed by atoms with E-state index in [0.29, 0.717) is 21.9 Å². The summed E-state index contributed by atoms with van der Waals surface area (Å²) in [5.41, 5.74) is 11.3. The molecule has 0 fully saturated rings. The molecule has 2 aromatic carbocycles. The van der Waals surface area contributed by atoms with Crippen molar-refractivity contribution >= 4 is 17.5 Å². The summed E-state index contributed by atoms with van der Waals surface area (Å²) in [7, 11) is 0. The van der Waals surface area contributed by atoms with Crippen LogP contribution in [0.15, 0.2) is 41.5 Å². The monoisotopic (exact) mass is 315 g/mol. The molecule has 0 unspecified atom stereocenters. The van der Waals surface area contributed by atoms with Crippen LogP contribution in [0.25, 0.3) is 10.4 Å². The van der Waals surface area contributed by atoms with Crippen molar-refractivity contribution in [3.63, 3.8) is 0 Å². The molecule has 0 aliphatic carbocycles. The Bertz CT molecular complexity index is 768. The third-order valence-corrected chi connectivity index (χ3v) is 3.53. The molecule has 2 rings (SSSR count). The van der Waals surface area contributed by atoms with Crippen molar-refractivity contribution in [1.29, 1.82) is 0 Å². The predicted molar refractivity (Wildman–Crippen MR) is 85.2 cm³/mol. The van der Waals surface area contributed by atoms with Crippen LogP contribution in [-0.4, -0.2) is 5.91 Å². The van der Waals surface area contributed by atoms with Crippen LogP contribution < -0.4 is 4.74 Å². The molecule has 5 nitrogen and oxygen atoms in total. The molecular weight excluding hydrogens is 302 g/mol. The van der Waals surface area contributed by atoms with Crippen LogP contribution in [0.1, 0.15) is 27.0 Å². The number of carbonyl (C=O) groups is 1. The van der Waals surface area contributed by atoms with E-state index < -0.39 is 5.91 Å². The highest BCUT2D eigenvalue weighted by atomic mass is 35.5. The fraction of sp³-hybridized carbons (Fsp3) is 0.188. The topological polar surface area (TPSA) is 75.1 Å². The summed E-state index contributed by atoms with van der Waals surface area (Å²) in [5, 5.41) is 3.65. The molecule has 0 radical (unpaired) electrons. The predicted octanol–water partition coefficient (Wildman–Crippen LogP) is 4.99. The van der Waals surface area contributed by atoms with E-state index in [1.54, 1.807) is 24.3 Å². The number of amides is 1. The quantitative estimate of drug-likeness (QED) is 0.453. The number of carbonyl (C=O) groups excluding carboxylic acids is 1. The van der Waals surface area contributed by atoms with E-state index in [1.807, 2.05) is 26.0 Å². The Balaban J connectivity index is 2.29. The Morgan fingerprint density at radius 2 is 2.09 bits per heavy atom. The number of benzene rings is 2. The van der Waals surface area contributed by atoms with Crippen molar-refractivity contribution in [3.8, 4) is 5.75 Å². The Labute approximate surface area is 133 Å². The second kappa shape index (κ2) is 6.98. The van der Waals surface area contributed by atoms with Gasteiger partial charge in [-0.15, -0.1) is 0 Å². The first kappa shape index (κ1) is 15.9. The molecule has 0 saturated carbocycles. The van der Waals surface area contributed by atoms with Crippen molar-refractivity contribution in [3.05, 3.63) is 74.1 Å². The SMILES string of the molecule is Cc1ccc(OCc2c(C)cccc2C(=O)N=[N+]=[N-])c(Cl)c1. The summed E-state index contributed by atoms with van der Waals surface area (Å²) in [5.74, 6) is -0.0856. The summed E-state index contributed by atoms with van der Waals surface area (Å²) in [6, 6.07) is 10.7. The molecule has 0 aliphatic heterocycles. The maximum absolute atomic E-state index is 11.8. The fourth-order valence-corrected chi connectivity index (χ4v) is 2.35. The standard InChI is InChI=1S/C16H14ClN3O2/c1-10-6-7-15(14(17)8-10)22-9-13-11(2)4-3-5-12(13)16(21)19-20-18/h3-8H,9H2,1-2H3. The molecule has 0 bridgehead atoms. The van der Waals surface area contributed by atoms with E-state index in [-0.39, 0.29) is 6.61 Å². The number of aryl methyl sites for hydroxylation is 2. The lowest BCUT2D eigenvalue weighted by atomic mass is 10.0. The summed E-state index contributed by atoms with van der Waals surface area (Å²) >= 11 is 6.13. The summed E-state index contributed by atoms with van der Waals surface area (Å²) in [6.07, 6.45) is 0. The summed E-state index contributed by atoms with van der Waals surface area (Å²) in [6.45, 7) is 3.97. The van der Waals surface area contributed by atoms with Crippen molar-refractivity contribution in [2.24, 2.45) is 5.11 Å². The lowest BCUT2D eigenvalue weighted by molar-refractivity contribution is 0.0998. The van der Waals surface area contributed by atoms with Gasteiger partial charge in [-0.3, -0.25) is 4.79 Å². The van der Waals surface area contributed by atoms with Gasteiger partial charge in [0.1, 0.15) is 12.4 Å². The van der Waals surface area contributed by atoms with Gasteiger partial charge in [0.25, 0.3) is 0 Å². The first-order valence-corrected chi connectivity index (χ1v) is 6.97. The van der Waals surface area contributed by atoms with Crippen LogP contribution in [0.5, 0.6) is 5.75 Å². The van der Waals surface area contributed by atoms with Gasteiger partial charge in [0.05, 0.1) is 5.02 Å². The van der Waals surface area contributed by atoms with Gasteiger partial charge in [-0.25, -0.2) is 0 Å². The van der Waals surface area contributed by atoms with Crippen molar-refractivity contribution in [1.82, 2.24) is 0 Å². The third kappa shape index (κ3) is 3.58. The largest absolute Gasteiger partial charge is 0.487 e. The number of ether oxygens (including phenoxy) is 1. The Hall–Kier alpha value is -2.49. The van der Waals surface area contributed by atoms with Gasteiger partial charge in [-0.2, -0.15) is 0 Å². The number of rotatable bonds is 4. The zero-order chi connectivity index (χ0) is 16.1. The lowest BCUT2D eigenvalue weighted by Crippen LogP contribution is -2.06. The van der Waals surface area contributed by atoms with Crippen molar-refractivity contribution in [2.45, 2.75) is 20.5 Å². The van der Waals surface area contributed by atoms with Gasteiger partial charge >= 0.3 is 0 Å². The Morgan fingerprint density at radius 3 is 2.77 bits per heavy atom. The molecule has 0 N–H and O–H groups in total. The molecule has 0 heterocycles. The van der Waals surface area contributed by atoms with Gasteiger partial charge in [-0.05, 0) is 47.8 Å². The van der Waals surface area contributed by atoms with Crippen LogP contribution in [0.4, 0.5) is 0 Å². The van der Waals surface area contributed by atoms with Crippen molar-refractivity contribution < 1.29 is 9.53 Å². The van der Waals surface area contributed by atoms with Gasteiger partial charge in [0, 0.05) is 16.0 Å². The van der Waals surface area contributed by atoms with Gasteiger partial charge in [0.2, 0.25) is 5.91 Å². The van der Waals surface area contributed by atoms with E-state index in [4.69, 9.17) is 21.9 Å². The fourth-order valence-electron chi connectivity index (χ4n) is 2.06. The maximum Gasteiger partial charge on any atom is 0.249 e. The zero-order valence-corrected chi connectivity index (χ0v) is 13.0. The number of nitrogens with zero attached hydrogens (tertiary/aromatic N) is 3. The normalized spacial score (nSPS) is 9.95. The van der Waals surface area contributed by atoms with Crippen LogP contribution >= 0.6 is 11.6 Å². The summed E-state index contributed by atoms with van der Waals surface area (Å²) in [4.78, 5) is 14.4. The molecule has 6 heteroatoms. The second-order valence-electron chi connectivity index (χ2n) is 4.82. The molecule has 0 aliphatic rings. The minimum Gasteiger partial charge on any atom is -0.487 e. The minimum atomic E-state index is -0.625. The van der Waals surface area contributed by atoms with E-state index >= 15 is 0 Å². The van der Waals surface area contributed by atoms with E-state index in [2.05, 4.69) is 10.0 Å². The lowest BCUT2D eigenvalue weighted by Gasteiger charge is -2.13. The molecule has 0 aromatic heterocycles. The molecule has 0 saturated heterocycles. The van der Waals surface area contributed by atoms with Gasteiger partial charge in [-0.1, -0.05) is 35.9 Å². The minimum absolute atomic E-state index is 0.164. The van der Waals surface area contributed by atoms with Crippen LogP contribution in [0, 0.1) is 13.8 Å². The number of halogens is 1. The highest BCUT2D eigenvalue weighted by Crippen LogP contribution is 2.27. The Morgan fingerprint density at radius 1 is 1.32 bits per heavy atom. The molecule has 22 heavy (non-hydrogen) atoms. The molecule has 0 atom stereocenters. The van der Waals surface area contributed by atoms with E-state index in [9.17, 15) is 4.79 Å². The number of hydrogen-bond donors (Lipinski definition) is 0. The van der Waals surface area contributed by atoms with Crippen LogP contribution in [0.2, 0.25) is 5.02 Å². The second-order valence-corrected chi connectivity index (χ2v) is 5.23. The molecule has 1 amide bonds. The number of azide groups is 1.